The van der Waals surface area contributed by atoms with Crippen LogP contribution in [-0.2, 0) is 36.0 Å². The van der Waals surface area contributed by atoms with Gasteiger partial charge in [-0.15, -0.1) is 0 Å². The Bertz CT molecular complexity index is 1710. The second kappa shape index (κ2) is 14.9. The van der Waals surface area contributed by atoms with Gasteiger partial charge in [0, 0.05) is 13.1 Å². The van der Waals surface area contributed by atoms with Gasteiger partial charge in [0.2, 0.25) is 0 Å². The maximum absolute atomic E-state index is 13.0. The van der Waals surface area contributed by atoms with E-state index in [1.807, 2.05) is 103 Å². The van der Waals surface area contributed by atoms with E-state index in [1.54, 1.807) is 12.1 Å². The minimum Gasteiger partial charge on any atom is -0.478 e. The van der Waals surface area contributed by atoms with Crippen LogP contribution in [-0.4, -0.2) is 22.2 Å². The lowest BCUT2D eigenvalue weighted by Crippen LogP contribution is -2.25. The van der Waals surface area contributed by atoms with E-state index < -0.39 is 11.9 Å². The molecular weight excluding hydrogens is 556 g/mol. The molecular formula is C36H32N2O6. The van der Waals surface area contributed by atoms with Crippen molar-refractivity contribution in [3.8, 4) is 22.3 Å². The molecule has 8 nitrogen and oxygen atoms in total. The van der Waals surface area contributed by atoms with Crippen LogP contribution in [0.4, 0.5) is 0 Å². The summed E-state index contributed by atoms with van der Waals surface area (Å²) >= 11 is 0. The highest BCUT2D eigenvalue weighted by Gasteiger charge is 2.17. The molecule has 8 heteroatoms. The van der Waals surface area contributed by atoms with E-state index in [1.165, 1.54) is 6.07 Å². The van der Waals surface area contributed by atoms with Crippen LogP contribution in [0.3, 0.4) is 0 Å². The molecule has 44 heavy (non-hydrogen) atoms. The number of amides is 1. The molecule has 0 bridgehead atoms. The van der Waals surface area contributed by atoms with Gasteiger partial charge in [0.1, 0.15) is 6.61 Å². The molecule has 0 radical (unpaired) electrons. The molecule has 0 saturated heterocycles. The molecule has 0 aliphatic heterocycles. The summed E-state index contributed by atoms with van der Waals surface area (Å²) in [6.07, 6.45) is 0. The minimum absolute atomic E-state index is 0.0496. The fraction of sp³-hybridized carbons (Fsp3) is 0.111. The van der Waals surface area contributed by atoms with Crippen LogP contribution in [0.1, 0.15) is 43.0 Å². The first-order chi connectivity index (χ1) is 21.5. The molecule has 0 aliphatic carbocycles. The summed E-state index contributed by atoms with van der Waals surface area (Å²) in [5.74, 6) is -1.61. The van der Waals surface area contributed by atoms with Gasteiger partial charge in [-0.2, -0.15) is 5.48 Å². The van der Waals surface area contributed by atoms with Gasteiger partial charge in [0.15, 0.2) is 0 Å². The summed E-state index contributed by atoms with van der Waals surface area (Å²) in [7, 11) is 0. The van der Waals surface area contributed by atoms with Crippen LogP contribution >= 0.6 is 0 Å². The highest BCUT2D eigenvalue weighted by atomic mass is 17.1. The van der Waals surface area contributed by atoms with E-state index >= 15 is 0 Å². The monoisotopic (exact) mass is 588 g/mol. The van der Waals surface area contributed by atoms with E-state index in [0.717, 1.165) is 44.5 Å². The molecule has 0 fully saturated rings. The Kier molecular flexibility index (Phi) is 10.2. The van der Waals surface area contributed by atoms with Gasteiger partial charge in [0.25, 0.3) is 5.91 Å². The van der Waals surface area contributed by atoms with E-state index in [4.69, 9.17) is 10.1 Å². The van der Waals surface area contributed by atoms with Gasteiger partial charge in [-0.3, -0.25) is 14.9 Å². The quantitative estimate of drug-likeness (QED) is 0.0674. The fourth-order valence-corrected chi connectivity index (χ4v) is 4.83. The molecule has 222 valence electrons. The lowest BCUT2D eigenvalue weighted by Gasteiger charge is -2.13. The van der Waals surface area contributed by atoms with E-state index in [-0.39, 0.29) is 30.9 Å². The third kappa shape index (κ3) is 7.83. The number of rotatable bonds is 13. The number of hydrogen-bond acceptors (Lipinski definition) is 6. The molecule has 0 aliphatic rings. The Morgan fingerprint density at radius 1 is 0.591 bits per heavy atom. The van der Waals surface area contributed by atoms with Gasteiger partial charge in [-0.25, -0.2) is 9.68 Å². The predicted molar refractivity (Wildman–Crippen MR) is 167 cm³/mol. The third-order valence-corrected chi connectivity index (χ3v) is 7.22. The zero-order valence-electron chi connectivity index (χ0n) is 23.9. The number of nitrogens with one attached hydrogen (secondary N) is 2. The number of carboxylic acid groups (broad SMARTS) is 1. The topological polar surface area (TPSA) is 117 Å². The number of hydroxylamine groups is 1. The fourth-order valence-electron chi connectivity index (χ4n) is 4.83. The van der Waals surface area contributed by atoms with Crippen molar-refractivity contribution in [2.24, 2.45) is 0 Å². The largest absolute Gasteiger partial charge is 0.478 e. The lowest BCUT2D eigenvalue weighted by atomic mass is 9.98. The molecule has 0 heterocycles. The van der Waals surface area contributed by atoms with Crippen molar-refractivity contribution in [1.29, 1.82) is 0 Å². The molecule has 0 saturated carbocycles. The number of carbonyl (C=O) groups excluding carboxylic acids is 1. The first kappa shape index (κ1) is 30.3. The van der Waals surface area contributed by atoms with Gasteiger partial charge < -0.3 is 10.4 Å². The number of hydrogen-bond donors (Lipinski definition) is 4. The standard InChI is InChI=1S/C36H32N2O6/c39-35(34-20-30(17-18-33(34)36(40)41)28-9-5-2-6-10-28)37-21-25-11-13-26(14-12-25)22-38-43-23-32-19-29(15-16-31(32)24-44-42)27-7-3-1-4-8-27/h1-20,38,42H,21-24H2,(H,37,39)(H,40,41). The summed E-state index contributed by atoms with van der Waals surface area (Å²) in [5, 5.41) is 21.5. The van der Waals surface area contributed by atoms with Crippen LogP contribution < -0.4 is 10.8 Å². The molecule has 5 aromatic rings. The molecule has 4 N–H and O–H groups in total. The van der Waals surface area contributed by atoms with Crippen molar-refractivity contribution >= 4 is 11.9 Å². The van der Waals surface area contributed by atoms with E-state index in [0.29, 0.717) is 6.54 Å². The molecule has 0 spiro atoms. The van der Waals surface area contributed by atoms with Gasteiger partial charge in [0.05, 0.1) is 17.7 Å². The predicted octanol–water partition coefficient (Wildman–Crippen LogP) is 6.86. The van der Waals surface area contributed by atoms with Crippen LogP contribution in [0.5, 0.6) is 0 Å². The summed E-state index contributed by atoms with van der Waals surface area (Å²) < 4.78 is 0. The molecule has 1 amide bonds. The first-order valence-electron chi connectivity index (χ1n) is 14.1. The number of carbonyl (C=O) groups is 2. The minimum atomic E-state index is -1.16. The van der Waals surface area contributed by atoms with Crippen molar-refractivity contribution in [3.63, 3.8) is 0 Å². The van der Waals surface area contributed by atoms with E-state index in [9.17, 15) is 14.7 Å². The average molecular weight is 589 g/mol. The second-order valence-corrected chi connectivity index (χ2v) is 10.2. The van der Waals surface area contributed by atoms with Crippen LogP contribution in [0, 0.1) is 0 Å². The normalized spacial score (nSPS) is 10.8. The van der Waals surface area contributed by atoms with Crippen molar-refractivity contribution in [3.05, 3.63) is 155 Å². The summed E-state index contributed by atoms with van der Waals surface area (Å²) in [4.78, 5) is 34.9. The summed E-state index contributed by atoms with van der Waals surface area (Å²) in [6, 6.07) is 37.8. The van der Waals surface area contributed by atoms with Gasteiger partial charge in [-0.05, 0) is 62.7 Å². The maximum Gasteiger partial charge on any atom is 0.336 e. The summed E-state index contributed by atoms with van der Waals surface area (Å²) in [6.45, 7) is 1.02. The third-order valence-electron chi connectivity index (χ3n) is 7.22. The summed E-state index contributed by atoms with van der Waals surface area (Å²) in [5.41, 5.74) is 10.4. The smallest absolute Gasteiger partial charge is 0.336 e. The van der Waals surface area contributed by atoms with Gasteiger partial charge in [-0.1, -0.05) is 103 Å². The number of carboxylic acids is 1. The highest BCUT2D eigenvalue weighted by molar-refractivity contribution is 6.05. The second-order valence-electron chi connectivity index (χ2n) is 10.2. The van der Waals surface area contributed by atoms with Gasteiger partial charge >= 0.3 is 5.97 Å². The zero-order chi connectivity index (χ0) is 30.7. The van der Waals surface area contributed by atoms with Crippen molar-refractivity contribution in [2.45, 2.75) is 26.3 Å². The highest BCUT2D eigenvalue weighted by Crippen LogP contribution is 2.24. The van der Waals surface area contributed by atoms with Crippen LogP contribution in [0.25, 0.3) is 22.3 Å². The van der Waals surface area contributed by atoms with Crippen molar-refractivity contribution < 1.29 is 29.7 Å². The molecule has 5 aromatic carbocycles. The molecule has 5 rings (SSSR count). The van der Waals surface area contributed by atoms with Crippen molar-refractivity contribution in [1.82, 2.24) is 10.8 Å². The van der Waals surface area contributed by atoms with E-state index in [2.05, 4.69) is 15.7 Å². The Morgan fingerprint density at radius 2 is 1.18 bits per heavy atom. The Balaban J connectivity index is 1.15. The van der Waals surface area contributed by atoms with Crippen LogP contribution in [0.2, 0.25) is 0 Å². The molecule has 0 unspecified atom stereocenters. The molecule has 0 aromatic heterocycles. The number of benzene rings is 5. The average Bonchev–Trinajstić information content (AvgIpc) is 3.07. The number of aromatic carboxylic acids is 1. The Morgan fingerprint density at radius 3 is 1.80 bits per heavy atom. The SMILES string of the molecule is O=C(O)c1ccc(-c2ccccc2)cc1C(=O)NCc1ccc(CNOCc2cc(-c3ccccc3)ccc2COO)cc1. The lowest BCUT2D eigenvalue weighted by molar-refractivity contribution is -0.253. The molecule has 0 atom stereocenters. The Hall–Kier alpha value is -5.12. The maximum atomic E-state index is 13.0. The van der Waals surface area contributed by atoms with Crippen LogP contribution in [0.15, 0.2) is 121 Å². The first-order valence-corrected chi connectivity index (χ1v) is 14.1. The zero-order valence-corrected chi connectivity index (χ0v) is 23.9. The van der Waals surface area contributed by atoms with Crippen molar-refractivity contribution in [2.75, 3.05) is 0 Å². The Labute approximate surface area is 255 Å².